The summed E-state index contributed by atoms with van der Waals surface area (Å²) in [6.45, 7) is 7.06. The molecule has 1 saturated heterocycles. The van der Waals surface area contributed by atoms with Crippen molar-refractivity contribution in [3.05, 3.63) is 23.8 Å². The lowest BCUT2D eigenvalue weighted by molar-refractivity contribution is -0.153. The molecule has 4 nitrogen and oxygen atoms in total. The fourth-order valence-electron chi connectivity index (χ4n) is 0.750. The zero-order valence-corrected chi connectivity index (χ0v) is 8.20. The standard InChI is InChI=1S/C10H12O4/c1-6(2)9(11)14-10(12)7(3)4-8-5-13-8/h4,8H,1,5H2,2-3H3. The zero-order chi connectivity index (χ0) is 10.7. The fourth-order valence-corrected chi connectivity index (χ4v) is 0.750. The van der Waals surface area contributed by atoms with E-state index in [0.29, 0.717) is 12.2 Å². The average Bonchev–Trinajstić information content (AvgIpc) is 2.87. The van der Waals surface area contributed by atoms with Crippen molar-refractivity contribution in [2.24, 2.45) is 0 Å². The van der Waals surface area contributed by atoms with Crippen molar-refractivity contribution in [1.82, 2.24) is 0 Å². The van der Waals surface area contributed by atoms with Crippen LogP contribution in [0.4, 0.5) is 0 Å². The van der Waals surface area contributed by atoms with Crippen LogP contribution in [0.25, 0.3) is 0 Å². The minimum Gasteiger partial charge on any atom is -0.386 e. The van der Waals surface area contributed by atoms with Crippen LogP contribution in [0.2, 0.25) is 0 Å². The maximum atomic E-state index is 11.2. The Balaban J connectivity index is 2.48. The van der Waals surface area contributed by atoms with Gasteiger partial charge in [0.25, 0.3) is 0 Å². The van der Waals surface area contributed by atoms with Crippen molar-refractivity contribution in [2.45, 2.75) is 20.0 Å². The average molecular weight is 196 g/mol. The van der Waals surface area contributed by atoms with E-state index in [9.17, 15) is 9.59 Å². The summed E-state index contributed by atoms with van der Waals surface area (Å²) in [4.78, 5) is 22.2. The van der Waals surface area contributed by atoms with Crippen LogP contribution in [0.15, 0.2) is 23.8 Å². The third kappa shape index (κ3) is 3.14. The van der Waals surface area contributed by atoms with Gasteiger partial charge in [0.15, 0.2) is 0 Å². The van der Waals surface area contributed by atoms with Gasteiger partial charge in [0.2, 0.25) is 0 Å². The molecule has 1 atom stereocenters. The normalized spacial score (nSPS) is 20.1. The van der Waals surface area contributed by atoms with Crippen LogP contribution < -0.4 is 0 Å². The quantitative estimate of drug-likeness (QED) is 0.292. The highest BCUT2D eigenvalue weighted by molar-refractivity contribution is 6.01. The van der Waals surface area contributed by atoms with Gasteiger partial charge >= 0.3 is 11.9 Å². The molecule has 1 rings (SSSR count). The number of epoxide rings is 1. The number of hydrogen-bond donors (Lipinski definition) is 0. The van der Waals surface area contributed by atoms with Gasteiger partial charge in [-0.05, 0) is 19.9 Å². The predicted molar refractivity (Wildman–Crippen MR) is 49.4 cm³/mol. The molecule has 1 aliphatic heterocycles. The van der Waals surface area contributed by atoms with Crippen molar-refractivity contribution in [3.63, 3.8) is 0 Å². The van der Waals surface area contributed by atoms with Gasteiger partial charge in [-0.2, -0.15) is 0 Å². The first-order valence-electron chi connectivity index (χ1n) is 4.22. The van der Waals surface area contributed by atoms with Gasteiger partial charge in [0.05, 0.1) is 12.7 Å². The lowest BCUT2D eigenvalue weighted by atomic mass is 10.2. The molecule has 14 heavy (non-hydrogen) atoms. The molecule has 0 saturated carbocycles. The second-order valence-corrected chi connectivity index (χ2v) is 3.18. The lowest BCUT2D eigenvalue weighted by Gasteiger charge is -2.01. The van der Waals surface area contributed by atoms with E-state index in [2.05, 4.69) is 11.3 Å². The van der Waals surface area contributed by atoms with E-state index in [1.165, 1.54) is 6.92 Å². The zero-order valence-electron chi connectivity index (χ0n) is 8.20. The number of rotatable bonds is 3. The Kier molecular flexibility index (Phi) is 3.19. The van der Waals surface area contributed by atoms with Gasteiger partial charge in [0, 0.05) is 11.1 Å². The Hall–Kier alpha value is -1.42. The summed E-state index contributed by atoms with van der Waals surface area (Å²) in [5.74, 6) is -1.34. The van der Waals surface area contributed by atoms with Crippen LogP contribution in [0.5, 0.6) is 0 Å². The van der Waals surface area contributed by atoms with Gasteiger partial charge in [-0.3, -0.25) is 0 Å². The number of ether oxygens (including phenoxy) is 2. The third-order valence-electron chi connectivity index (χ3n) is 1.65. The summed E-state index contributed by atoms with van der Waals surface area (Å²) in [7, 11) is 0. The van der Waals surface area contributed by atoms with E-state index >= 15 is 0 Å². The maximum Gasteiger partial charge on any atom is 0.341 e. The highest BCUT2D eigenvalue weighted by Crippen LogP contribution is 2.13. The van der Waals surface area contributed by atoms with Crippen molar-refractivity contribution >= 4 is 11.9 Å². The van der Waals surface area contributed by atoms with Crippen molar-refractivity contribution in [1.29, 1.82) is 0 Å². The number of carbonyl (C=O) groups is 2. The van der Waals surface area contributed by atoms with Crippen molar-refractivity contribution in [2.75, 3.05) is 6.61 Å². The molecule has 0 aromatic rings. The molecular formula is C10H12O4. The van der Waals surface area contributed by atoms with E-state index in [1.54, 1.807) is 13.0 Å². The second kappa shape index (κ2) is 4.19. The molecule has 1 unspecified atom stereocenters. The first-order valence-corrected chi connectivity index (χ1v) is 4.22. The summed E-state index contributed by atoms with van der Waals surface area (Å²) in [6, 6.07) is 0. The van der Waals surface area contributed by atoms with E-state index in [-0.39, 0.29) is 11.7 Å². The molecule has 76 valence electrons. The minimum atomic E-state index is -0.695. The smallest absolute Gasteiger partial charge is 0.341 e. The van der Waals surface area contributed by atoms with Crippen LogP contribution in [-0.2, 0) is 19.1 Å². The Labute approximate surface area is 82.2 Å². The van der Waals surface area contributed by atoms with Gasteiger partial charge in [-0.25, -0.2) is 9.59 Å². The Morgan fingerprint density at radius 1 is 1.43 bits per heavy atom. The molecular weight excluding hydrogens is 184 g/mol. The third-order valence-corrected chi connectivity index (χ3v) is 1.65. The number of esters is 2. The molecule has 0 bridgehead atoms. The van der Waals surface area contributed by atoms with E-state index in [4.69, 9.17) is 4.74 Å². The Morgan fingerprint density at radius 2 is 2.00 bits per heavy atom. The molecule has 0 radical (unpaired) electrons. The summed E-state index contributed by atoms with van der Waals surface area (Å²) in [6.07, 6.45) is 1.64. The van der Waals surface area contributed by atoms with Crippen LogP contribution in [-0.4, -0.2) is 24.6 Å². The summed E-state index contributed by atoms with van der Waals surface area (Å²) < 4.78 is 9.40. The SMILES string of the molecule is C=C(C)C(=O)OC(=O)C(C)=CC1CO1. The monoisotopic (exact) mass is 196 g/mol. The van der Waals surface area contributed by atoms with E-state index in [1.807, 2.05) is 0 Å². The van der Waals surface area contributed by atoms with Crippen LogP contribution in [0.3, 0.4) is 0 Å². The molecule has 0 spiro atoms. The molecule has 1 aliphatic rings. The summed E-state index contributed by atoms with van der Waals surface area (Å²) >= 11 is 0. The predicted octanol–water partition coefficient (Wildman–Crippen LogP) is 0.977. The first kappa shape index (κ1) is 10.7. The molecule has 0 N–H and O–H groups in total. The van der Waals surface area contributed by atoms with Crippen LogP contribution >= 0.6 is 0 Å². The van der Waals surface area contributed by atoms with Crippen molar-refractivity contribution < 1.29 is 19.1 Å². The summed E-state index contributed by atoms with van der Waals surface area (Å²) in [5, 5.41) is 0. The van der Waals surface area contributed by atoms with Gasteiger partial charge in [-0.1, -0.05) is 6.58 Å². The van der Waals surface area contributed by atoms with Crippen LogP contribution in [0, 0.1) is 0 Å². The summed E-state index contributed by atoms with van der Waals surface area (Å²) in [5.41, 5.74) is 0.580. The second-order valence-electron chi connectivity index (χ2n) is 3.18. The van der Waals surface area contributed by atoms with E-state index < -0.39 is 11.9 Å². The van der Waals surface area contributed by atoms with E-state index in [0.717, 1.165) is 0 Å². The molecule has 0 amide bonds. The molecule has 1 fully saturated rings. The highest BCUT2D eigenvalue weighted by Gasteiger charge is 2.22. The molecule has 0 aliphatic carbocycles. The number of hydrogen-bond acceptors (Lipinski definition) is 4. The lowest BCUT2D eigenvalue weighted by Crippen LogP contribution is -2.13. The molecule has 0 aromatic carbocycles. The maximum absolute atomic E-state index is 11.2. The first-order chi connectivity index (χ1) is 6.50. The highest BCUT2D eigenvalue weighted by atomic mass is 16.6. The minimum absolute atomic E-state index is 0.00230. The topological polar surface area (TPSA) is 55.9 Å². The number of carbonyl (C=O) groups excluding carboxylic acids is 2. The largest absolute Gasteiger partial charge is 0.386 e. The van der Waals surface area contributed by atoms with Crippen LogP contribution in [0.1, 0.15) is 13.8 Å². The fraction of sp³-hybridized carbons (Fsp3) is 0.400. The Bertz CT molecular complexity index is 310. The van der Waals surface area contributed by atoms with Crippen molar-refractivity contribution in [3.8, 4) is 0 Å². The van der Waals surface area contributed by atoms with Gasteiger partial charge in [0.1, 0.15) is 0 Å². The molecule has 0 aromatic heterocycles. The molecule has 4 heteroatoms. The van der Waals surface area contributed by atoms with Gasteiger partial charge in [-0.15, -0.1) is 0 Å². The molecule has 1 heterocycles. The Morgan fingerprint density at radius 3 is 2.43 bits per heavy atom. The van der Waals surface area contributed by atoms with Gasteiger partial charge < -0.3 is 9.47 Å².